The Hall–Kier alpha value is -2.50. The van der Waals surface area contributed by atoms with Crippen molar-refractivity contribution < 1.29 is 0 Å². The monoisotopic (exact) mass is 433 g/mol. The van der Waals surface area contributed by atoms with Crippen LogP contribution in [0.1, 0.15) is 23.6 Å². The maximum atomic E-state index is 4.95. The molecule has 0 aliphatic carbocycles. The molecule has 3 nitrogen and oxygen atoms in total. The van der Waals surface area contributed by atoms with Crippen molar-refractivity contribution in [1.82, 2.24) is 4.98 Å². The van der Waals surface area contributed by atoms with E-state index in [1.54, 1.807) is 11.3 Å². The van der Waals surface area contributed by atoms with Crippen molar-refractivity contribution in [1.29, 1.82) is 0 Å². The quantitative estimate of drug-likeness (QED) is 0.373. The lowest BCUT2D eigenvalue weighted by molar-refractivity contribution is 0.707. The fourth-order valence-electron chi connectivity index (χ4n) is 3.51. The molecule has 0 spiro atoms. The van der Waals surface area contributed by atoms with Crippen LogP contribution in [-0.2, 0) is 0 Å². The maximum Gasteiger partial charge on any atom is 0.206 e. The van der Waals surface area contributed by atoms with E-state index in [0.29, 0.717) is 0 Å². The van der Waals surface area contributed by atoms with Crippen LogP contribution in [0.5, 0.6) is 0 Å². The average Bonchev–Trinajstić information content (AvgIpc) is 3.38. The minimum Gasteiger partial charge on any atom is -0.231 e. The van der Waals surface area contributed by atoms with Gasteiger partial charge in [-0.05, 0) is 40.1 Å². The second-order valence-electron chi connectivity index (χ2n) is 6.54. The van der Waals surface area contributed by atoms with Gasteiger partial charge in [-0.1, -0.05) is 64.5 Å². The number of rotatable bonds is 3. The lowest BCUT2D eigenvalue weighted by Gasteiger charge is -2.21. The van der Waals surface area contributed by atoms with Crippen molar-refractivity contribution in [3.8, 4) is 0 Å². The molecule has 1 aliphatic rings. The topological polar surface area (TPSA) is 28.5 Å². The van der Waals surface area contributed by atoms with Crippen LogP contribution in [-0.4, -0.2) is 10.7 Å². The van der Waals surface area contributed by atoms with Crippen LogP contribution in [0.4, 0.5) is 5.13 Å². The molecule has 0 amide bonds. The second-order valence-corrected chi connectivity index (χ2v) is 8.33. The molecule has 132 valence electrons. The Morgan fingerprint density at radius 1 is 0.963 bits per heavy atom. The van der Waals surface area contributed by atoms with Gasteiger partial charge < -0.3 is 0 Å². The van der Waals surface area contributed by atoms with Crippen molar-refractivity contribution in [2.24, 2.45) is 5.10 Å². The van der Waals surface area contributed by atoms with Gasteiger partial charge in [0.25, 0.3) is 0 Å². The van der Waals surface area contributed by atoms with Gasteiger partial charge in [0.05, 0.1) is 11.8 Å². The summed E-state index contributed by atoms with van der Waals surface area (Å²) in [7, 11) is 0. The summed E-state index contributed by atoms with van der Waals surface area (Å²) in [6.07, 6.45) is 2.70. The first kappa shape index (κ1) is 16.7. The van der Waals surface area contributed by atoms with Gasteiger partial charge in [0.1, 0.15) is 0 Å². The van der Waals surface area contributed by atoms with E-state index < -0.39 is 0 Å². The van der Waals surface area contributed by atoms with E-state index in [4.69, 9.17) is 5.10 Å². The van der Waals surface area contributed by atoms with E-state index in [1.807, 2.05) is 11.6 Å². The molecule has 0 saturated carbocycles. The summed E-state index contributed by atoms with van der Waals surface area (Å²) in [5.41, 5.74) is 3.51. The van der Waals surface area contributed by atoms with E-state index in [-0.39, 0.29) is 6.04 Å². The number of fused-ring (bicyclic) bond motifs is 1. The molecule has 2 heterocycles. The van der Waals surface area contributed by atoms with Gasteiger partial charge in [0.15, 0.2) is 0 Å². The van der Waals surface area contributed by atoms with Gasteiger partial charge in [-0.25, -0.2) is 9.99 Å². The third-order valence-corrected chi connectivity index (χ3v) is 6.15. The first-order valence-electron chi connectivity index (χ1n) is 8.79. The Morgan fingerprint density at radius 2 is 1.78 bits per heavy atom. The zero-order valence-corrected chi connectivity index (χ0v) is 16.8. The zero-order chi connectivity index (χ0) is 18.2. The molecule has 0 N–H and O–H groups in total. The fraction of sp³-hybridized carbons (Fsp3) is 0.0909. The molecule has 27 heavy (non-hydrogen) atoms. The third-order valence-electron chi connectivity index (χ3n) is 4.86. The molecular weight excluding hydrogens is 418 g/mol. The first-order chi connectivity index (χ1) is 13.3. The number of halogens is 1. The lowest BCUT2D eigenvalue weighted by atomic mass is 9.96. The Labute approximate surface area is 170 Å². The molecule has 0 bridgehead atoms. The van der Waals surface area contributed by atoms with Gasteiger partial charge in [0.2, 0.25) is 5.13 Å². The normalized spacial score (nSPS) is 16.7. The van der Waals surface area contributed by atoms with Crippen molar-refractivity contribution >= 4 is 48.9 Å². The molecule has 3 aromatic carbocycles. The molecule has 0 saturated heterocycles. The number of benzene rings is 3. The number of hydrogen-bond donors (Lipinski definition) is 0. The minimum absolute atomic E-state index is 0.152. The number of nitrogens with zero attached hydrogens (tertiary/aromatic N) is 3. The summed E-state index contributed by atoms with van der Waals surface area (Å²) in [4.78, 5) is 4.51. The summed E-state index contributed by atoms with van der Waals surface area (Å²) in [6, 6.07) is 23.7. The van der Waals surface area contributed by atoms with Gasteiger partial charge in [-0.2, -0.15) is 5.10 Å². The van der Waals surface area contributed by atoms with E-state index in [2.05, 4.69) is 92.7 Å². The van der Waals surface area contributed by atoms with E-state index in [0.717, 1.165) is 27.3 Å². The van der Waals surface area contributed by atoms with Crippen LogP contribution < -0.4 is 5.01 Å². The average molecular weight is 434 g/mol. The Balaban J connectivity index is 1.57. The van der Waals surface area contributed by atoms with E-state index in [9.17, 15) is 0 Å². The van der Waals surface area contributed by atoms with Crippen LogP contribution >= 0.6 is 27.3 Å². The smallest absolute Gasteiger partial charge is 0.206 e. The largest absolute Gasteiger partial charge is 0.231 e. The highest BCUT2D eigenvalue weighted by molar-refractivity contribution is 9.10. The third kappa shape index (κ3) is 3.17. The molecular formula is C22H16BrN3S. The maximum absolute atomic E-state index is 4.95. The van der Waals surface area contributed by atoms with Crippen LogP contribution in [0.2, 0.25) is 0 Å². The summed E-state index contributed by atoms with van der Waals surface area (Å²) in [5, 5.41) is 12.5. The van der Waals surface area contributed by atoms with Crippen molar-refractivity contribution in [2.75, 3.05) is 5.01 Å². The van der Waals surface area contributed by atoms with Gasteiger partial charge in [-0.3, -0.25) is 0 Å². The number of hydrogen-bond acceptors (Lipinski definition) is 4. The van der Waals surface area contributed by atoms with Crippen molar-refractivity contribution in [2.45, 2.75) is 12.5 Å². The first-order valence-corrected chi connectivity index (χ1v) is 10.5. The van der Waals surface area contributed by atoms with Gasteiger partial charge in [0, 0.05) is 22.5 Å². The second kappa shape index (κ2) is 6.91. The zero-order valence-electron chi connectivity index (χ0n) is 14.4. The summed E-state index contributed by atoms with van der Waals surface area (Å²) in [6.45, 7) is 0. The number of thiazole rings is 1. The van der Waals surface area contributed by atoms with Gasteiger partial charge >= 0.3 is 0 Å². The predicted octanol–water partition coefficient (Wildman–Crippen LogP) is 6.41. The number of anilines is 1. The summed E-state index contributed by atoms with van der Waals surface area (Å²) in [5.74, 6) is 0. The highest BCUT2D eigenvalue weighted by atomic mass is 79.9. The molecule has 1 aliphatic heterocycles. The Morgan fingerprint density at radius 3 is 2.56 bits per heavy atom. The molecule has 0 fully saturated rings. The van der Waals surface area contributed by atoms with Crippen molar-refractivity contribution in [3.05, 3.63) is 93.9 Å². The SMILES string of the molecule is Brc1ccc(C2=NN(c3nccs3)C(c3ccc4ccccc4c3)C2)cc1. The van der Waals surface area contributed by atoms with E-state index >= 15 is 0 Å². The molecule has 1 unspecified atom stereocenters. The lowest BCUT2D eigenvalue weighted by Crippen LogP contribution is -2.18. The van der Waals surface area contributed by atoms with Crippen LogP contribution in [0, 0.1) is 0 Å². The van der Waals surface area contributed by atoms with E-state index in [1.165, 1.54) is 16.3 Å². The number of hydrazone groups is 1. The molecule has 5 heteroatoms. The fourth-order valence-corrected chi connectivity index (χ4v) is 4.41. The van der Waals surface area contributed by atoms with Gasteiger partial charge in [-0.15, -0.1) is 11.3 Å². The summed E-state index contributed by atoms with van der Waals surface area (Å²) >= 11 is 5.13. The highest BCUT2D eigenvalue weighted by Crippen LogP contribution is 2.38. The summed E-state index contributed by atoms with van der Waals surface area (Å²) < 4.78 is 1.08. The van der Waals surface area contributed by atoms with Crippen molar-refractivity contribution in [3.63, 3.8) is 0 Å². The van der Waals surface area contributed by atoms with Crippen LogP contribution in [0.3, 0.4) is 0 Å². The Kier molecular flexibility index (Phi) is 4.26. The standard InChI is InChI=1S/C22H16BrN3S/c23-19-9-7-16(8-10-19)20-14-21(26(25-20)22-24-11-12-27-22)18-6-5-15-3-1-2-4-17(15)13-18/h1-13,21H,14H2. The van der Waals surface area contributed by atoms with Crippen LogP contribution in [0.15, 0.2) is 87.9 Å². The number of aromatic nitrogens is 1. The predicted molar refractivity (Wildman–Crippen MR) is 117 cm³/mol. The Bertz CT molecular complexity index is 1120. The molecule has 0 radical (unpaired) electrons. The molecule has 5 rings (SSSR count). The van der Waals surface area contributed by atoms with Crippen LogP contribution in [0.25, 0.3) is 10.8 Å². The molecule has 1 atom stereocenters. The minimum atomic E-state index is 0.152. The highest BCUT2D eigenvalue weighted by Gasteiger charge is 2.31. The molecule has 4 aromatic rings. The molecule has 1 aromatic heterocycles.